The minimum absolute atomic E-state index is 0. The molecule has 0 aromatic heterocycles. The summed E-state index contributed by atoms with van der Waals surface area (Å²) in [5.74, 6) is 0.843. The minimum atomic E-state index is 0. The highest BCUT2D eigenvalue weighted by molar-refractivity contribution is 5.85. The van der Waals surface area contributed by atoms with E-state index in [1.54, 1.807) is 7.11 Å². The monoisotopic (exact) mass is 262 g/mol. The smallest absolute Gasteiger partial charge is 0.239 e. The first kappa shape index (κ1) is 14.7. The van der Waals surface area contributed by atoms with E-state index in [-0.39, 0.29) is 18.4 Å². The van der Waals surface area contributed by atoms with Crippen molar-refractivity contribution >= 4 is 18.3 Å². The third-order valence-corrected chi connectivity index (χ3v) is 3.61. The molecule has 0 saturated carbocycles. The SMILES string of the molecule is COCC1CCN(C(=O)[C@H]2CCCCN2)C1.Cl. The van der Waals surface area contributed by atoms with Gasteiger partial charge in [-0.05, 0) is 25.8 Å². The molecular weight excluding hydrogens is 240 g/mol. The molecule has 0 radical (unpaired) electrons. The van der Waals surface area contributed by atoms with Gasteiger partial charge in [0.25, 0.3) is 0 Å². The molecule has 5 heteroatoms. The van der Waals surface area contributed by atoms with Crippen LogP contribution in [-0.2, 0) is 9.53 Å². The third-order valence-electron chi connectivity index (χ3n) is 3.61. The van der Waals surface area contributed by atoms with Crippen molar-refractivity contribution in [1.82, 2.24) is 10.2 Å². The number of methoxy groups -OCH3 is 1. The number of piperidine rings is 1. The summed E-state index contributed by atoms with van der Waals surface area (Å²) in [6, 6.07) is 0.0787. The van der Waals surface area contributed by atoms with Gasteiger partial charge in [-0.3, -0.25) is 4.79 Å². The summed E-state index contributed by atoms with van der Waals surface area (Å²) in [5.41, 5.74) is 0. The molecule has 100 valence electrons. The highest BCUT2D eigenvalue weighted by atomic mass is 35.5. The van der Waals surface area contributed by atoms with E-state index in [2.05, 4.69) is 5.32 Å². The molecule has 0 aliphatic carbocycles. The number of nitrogens with one attached hydrogen (secondary N) is 1. The Bertz CT molecular complexity index is 245. The zero-order valence-corrected chi connectivity index (χ0v) is 11.3. The Morgan fingerprint density at radius 1 is 1.41 bits per heavy atom. The van der Waals surface area contributed by atoms with Crippen molar-refractivity contribution in [3.63, 3.8) is 0 Å². The van der Waals surface area contributed by atoms with Crippen molar-refractivity contribution in [3.8, 4) is 0 Å². The van der Waals surface area contributed by atoms with E-state index in [1.165, 1.54) is 12.8 Å². The van der Waals surface area contributed by atoms with Gasteiger partial charge < -0.3 is 15.0 Å². The molecule has 2 saturated heterocycles. The van der Waals surface area contributed by atoms with E-state index >= 15 is 0 Å². The van der Waals surface area contributed by atoms with Crippen LogP contribution in [0.2, 0.25) is 0 Å². The summed E-state index contributed by atoms with van der Waals surface area (Å²) in [4.78, 5) is 14.2. The van der Waals surface area contributed by atoms with Crippen LogP contribution in [0.5, 0.6) is 0 Å². The van der Waals surface area contributed by atoms with Gasteiger partial charge in [0, 0.05) is 26.1 Å². The first-order chi connectivity index (χ1) is 7.81. The maximum atomic E-state index is 12.2. The highest BCUT2D eigenvalue weighted by Crippen LogP contribution is 2.19. The van der Waals surface area contributed by atoms with E-state index in [4.69, 9.17) is 4.74 Å². The quantitative estimate of drug-likeness (QED) is 0.827. The summed E-state index contributed by atoms with van der Waals surface area (Å²) in [6.07, 6.45) is 4.48. The largest absolute Gasteiger partial charge is 0.384 e. The van der Waals surface area contributed by atoms with Crippen LogP contribution in [0.15, 0.2) is 0 Å². The fourth-order valence-electron chi connectivity index (χ4n) is 2.69. The number of hydrogen-bond donors (Lipinski definition) is 1. The Morgan fingerprint density at radius 2 is 2.24 bits per heavy atom. The van der Waals surface area contributed by atoms with Crippen LogP contribution >= 0.6 is 12.4 Å². The lowest BCUT2D eigenvalue weighted by Crippen LogP contribution is -2.47. The Balaban J connectivity index is 0.00000144. The number of nitrogens with zero attached hydrogens (tertiary/aromatic N) is 1. The molecule has 2 fully saturated rings. The number of amides is 1. The van der Waals surface area contributed by atoms with Crippen molar-refractivity contribution in [2.75, 3.05) is 33.4 Å². The summed E-state index contributed by atoms with van der Waals surface area (Å²) in [7, 11) is 1.73. The molecule has 0 spiro atoms. The lowest BCUT2D eigenvalue weighted by molar-refractivity contribution is -0.133. The van der Waals surface area contributed by atoms with Gasteiger partial charge in [-0.1, -0.05) is 6.42 Å². The first-order valence-electron chi connectivity index (χ1n) is 6.32. The Kier molecular flexibility index (Phi) is 6.23. The number of ether oxygens (including phenoxy) is 1. The van der Waals surface area contributed by atoms with Gasteiger partial charge in [0.2, 0.25) is 5.91 Å². The van der Waals surface area contributed by atoms with Gasteiger partial charge in [0.15, 0.2) is 0 Å². The standard InChI is InChI=1S/C12H22N2O2.ClH/c1-16-9-10-5-7-14(8-10)12(15)11-4-2-3-6-13-11;/h10-11,13H,2-9H2,1H3;1H/t10?,11-;/m1./s1. The average molecular weight is 263 g/mol. The summed E-state index contributed by atoms with van der Waals surface area (Å²) in [5, 5.41) is 3.32. The zero-order chi connectivity index (χ0) is 11.4. The van der Waals surface area contributed by atoms with Gasteiger partial charge in [-0.2, -0.15) is 0 Å². The number of carbonyl (C=O) groups is 1. The van der Waals surface area contributed by atoms with Crippen LogP contribution in [0.1, 0.15) is 25.7 Å². The third kappa shape index (κ3) is 3.83. The molecular formula is C12H23ClN2O2. The molecule has 2 heterocycles. The van der Waals surface area contributed by atoms with Gasteiger partial charge >= 0.3 is 0 Å². The molecule has 4 nitrogen and oxygen atoms in total. The van der Waals surface area contributed by atoms with Crippen LogP contribution in [0.3, 0.4) is 0 Å². The fraction of sp³-hybridized carbons (Fsp3) is 0.917. The lowest BCUT2D eigenvalue weighted by atomic mass is 10.0. The van der Waals surface area contributed by atoms with Gasteiger partial charge in [-0.25, -0.2) is 0 Å². The highest BCUT2D eigenvalue weighted by Gasteiger charge is 2.31. The minimum Gasteiger partial charge on any atom is -0.384 e. The molecule has 1 unspecified atom stereocenters. The predicted molar refractivity (Wildman–Crippen MR) is 69.5 cm³/mol. The van der Waals surface area contributed by atoms with Gasteiger partial charge in [-0.15, -0.1) is 12.4 Å². The van der Waals surface area contributed by atoms with Gasteiger partial charge in [0.05, 0.1) is 12.6 Å². The van der Waals surface area contributed by atoms with Crippen molar-refractivity contribution < 1.29 is 9.53 Å². The van der Waals surface area contributed by atoms with Crippen molar-refractivity contribution in [3.05, 3.63) is 0 Å². The Labute approximate surface area is 109 Å². The number of hydrogen-bond acceptors (Lipinski definition) is 3. The lowest BCUT2D eigenvalue weighted by Gasteiger charge is -2.27. The molecule has 1 N–H and O–H groups in total. The average Bonchev–Trinajstić information content (AvgIpc) is 2.78. The Morgan fingerprint density at radius 3 is 2.88 bits per heavy atom. The van der Waals surface area contributed by atoms with E-state index in [1.807, 2.05) is 4.90 Å². The van der Waals surface area contributed by atoms with Crippen LogP contribution in [0.4, 0.5) is 0 Å². The maximum absolute atomic E-state index is 12.2. The first-order valence-corrected chi connectivity index (χ1v) is 6.32. The second kappa shape index (κ2) is 7.19. The molecule has 0 aromatic carbocycles. The van der Waals surface area contributed by atoms with E-state index in [0.29, 0.717) is 11.8 Å². The van der Waals surface area contributed by atoms with Gasteiger partial charge in [0.1, 0.15) is 0 Å². The second-order valence-corrected chi connectivity index (χ2v) is 4.90. The molecule has 2 aliphatic rings. The molecule has 0 aromatic rings. The number of rotatable bonds is 3. The topological polar surface area (TPSA) is 41.6 Å². The van der Waals surface area contributed by atoms with Crippen molar-refractivity contribution in [2.45, 2.75) is 31.7 Å². The van der Waals surface area contributed by atoms with Crippen LogP contribution in [-0.4, -0.2) is 50.2 Å². The van der Waals surface area contributed by atoms with E-state index in [9.17, 15) is 4.79 Å². The zero-order valence-electron chi connectivity index (χ0n) is 10.5. The van der Waals surface area contributed by atoms with Crippen LogP contribution in [0.25, 0.3) is 0 Å². The molecule has 2 aliphatic heterocycles. The number of likely N-dealkylation sites (tertiary alicyclic amines) is 1. The summed E-state index contributed by atoms with van der Waals surface area (Å²) >= 11 is 0. The van der Waals surface area contributed by atoms with Crippen molar-refractivity contribution in [2.24, 2.45) is 5.92 Å². The van der Waals surface area contributed by atoms with Crippen LogP contribution in [0, 0.1) is 5.92 Å². The Hall–Kier alpha value is -0.320. The van der Waals surface area contributed by atoms with E-state index in [0.717, 1.165) is 39.1 Å². The van der Waals surface area contributed by atoms with Crippen LogP contribution < -0.4 is 5.32 Å². The van der Waals surface area contributed by atoms with Crippen molar-refractivity contribution in [1.29, 1.82) is 0 Å². The number of carbonyl (C=O) groups excluding carboxylic acids is 1. The van der Waals surface area contributed by atoms with E-state index < -0.39 is 0 Å². The maximum Gasteiger partial charge on any atom is 0.239 e. The molecule has 2 atom stereocenters. The second-order valence-electron chi connectivity index (χ2n) is 4.90. The molecule has 17 heavy (non-hydrogen) atoms. The molecule has 1 amide bonds. The molecule has 2 rings (SSSR count). The number of halogens is 1. The summed E-state index contributed by atoms with van der Waals surface area (Å²) in [6.45, 7) is 3.56. The summed E-state index contributed by atoms with van der Waals surface area (Å²) < 4.78 is 5.15. The molecule has 0 bridgehead atoms. The predicted octanol–water partition coefficient (Wildman–Crippen LogP) is 1.05. The normalized spacial score (nSPS) is 28.9. The fourth-order valence-corrected chi connectivity index (χ4v) is 2.69.